The van der Waals surface area contributed by atoms with E-state index >= 15 is 0 Å². The molecule has 0 amide bonds. The third-order valence-electron chi connectivity index (χ3n) is 3.01. The van der Waals surface area contributed by atoms with Crippen molar-refractivity contribution >= 4 is 33.9 Å². The van der Waals surface area contributed by atoms with Crippen LogP contribution in [0.5, 0.6) is 0 Å². The topological polar surface area (TPSA) is 37.3 Å². The summed E-state index contributed by atoms with van der Waals surface area (Å²) in [6.07, 6.45) is 15.0. The summed E-state index contributed by atoms with van der Waals surface area (Å²) in [5.41, 5.74) is 0. The molecule has 1 N–H and O–H groups in total. The van der Waals surface area contributed by atoms with Gasteiger partial charge in [0, 0.05) is 6.42 Å². The van der Waals surface area contributed by atoms with Crippen LogP contribution in [0.25, 0.3) is 0 Å². The molecule has 0 atom stereocenters. The van der Waals surface area contributed by atoms with E-state index in [-0.39, 0.29) is 6.42 Å². The van der Waals surface area contributed by atoms with E-state index in [1.807, 2.05) is 0 Å². The molecule has 0 heterocycles. The van der Waals surface area contributed by atoms with Gasteiger partial charge in [-0.25, -0.2) is 0 Å². The van der Waals surface area contributed by atoms with Crippen LogP contribution in [0.15, 0.2) is 0 Å². The zero-order valence-corrected chi connectivity index (χ0v) is 14.8. The van der Waals surface area contributed by atoms with Gasteiger partial charge in [0.1, 0.15) is 0 Å². The van der Waals surface area contributed by atoms with Crippen LogP contribution in [0, 0.1) is 0 Å². The molecule has 104 valence electrons. The Morgan fingerprint density at radius 3 is 1.44 bits per heavy atom. The number of carboxylic acid groups (broad SMARTS) is 1. The van der Waals surface area contributed by atoms with Gasteiger partial charge in [-0.05, 0) is 0 Å². The summed E-state index contributed by atoms with van der Waals surface area (Å²) in [6.45, 7) is 3.89. The van der Waals surface area contributed by atoms with Crippen molar-refractivity contribution in [2.45, 2.75) is 88.1 Å². The summed E-state index contributed by atoms with van der Waals surface area (Å²) < 4.78 is 1.51. The molecule has 18 heavy (non-hydrogen) atoms. The Morgan fingerprint density at radius 2 is 1.17 bits per heavy atom. The van der Waals surface area contributed by atoms with Crippen LogP contribution in [0.3, 0.4) is 0 Å². The second-order valence-electron chi connectivity index (χ2n) is 4.93. The van der Waals surface area contributed by atoms with Gasteiger partial charge in [-0.1, -0.05) is 6.92 Å². The Kier molecular flexibility index (Phi) is 22.9. The van der Waals surface area contributed by atoms with Crippen molar-refractivity contribution in [3.05, 3.63) is 0 Å². The van der Waals surface area contributed by atoms with E-state index in [9.17, 15) is 4.79 Å². The van der Waals surface area contributed by atoms with Crippen LogP contribution in [-0.4, -0.2) is 39.0 Å². The zero-order chi connectivity index (χ0) is 14.1. The molecule has 0 saturated heterocycles. The molecule has 0 spiro atoms. The Hall–Kier alpha value is 0.470. The SMILES string of the molecule is CCC(=O)O.CCCCCCCCCCC[CH2][Na]. The van der Waals surface area contributed by atoms with Crippen LogP contribution in [0.4, 0.5) is 0 Å². The molecule has 0 bridgehead atoms. The quantitative estimate of drug-likeness (QED) is 0.423. The van der Waals surface area contributed by atoms with E-state index in [2.05, 4.69) is 6.92 Å². The van der Waals surface area contributed by atoms with Gasteiger partial charge in [0.15, 0.2) is 0 Å². The second-order valence-corrected chi connectivity index (χ2v) is 5.93. The van der Waals surface area contributed by atoms with Gasteiger partial charge in [-0.15, -0.1) is 0 Å². The van der Waals surface area contributed by atoms with Crippen LogP contribution >= 0.6 is 0 Å². The Bertz CT molecular complexity index is 151. The van der Waals surface area contributed by atoms with Gasteiger partial charge in [0.2, 0.25) is 0 Å². The number of carboxylic acids is 1. The molecule has 0 unspecified atom stereocenters. The van der Waals surface area contributed by atoms with Crippen molar-refractivity contribution < 1.29 is 9.90 Å². The van der Waals surface area contributed by atoms with Crippen LogP contribution in [0.2, 0.25) is 3.67 Å². The third-order valence-corrected chi connectivity index (χ3v) is 3.72. The molecule has 0 rings (SSSR count). The average Bonchev–Trinajstić information content (AvgIpc) is 2.37. The van der Waals surface area contributed by atoms with Gasteiger partial charge >= 0.3 is 109 Å². The summed E-state index contributed by atoms with van der Waals surface area (Å²) in [4.78, 5) is 9.37. The third kappa shape index (κ3) is 25.3. The fraction of sp³-hybridized carbons (Fsp3) is 0.933. The van der Waals surface area contributed by atoms with E-state index < -0.39 is 5.97 Å². The van der Waals surface area contributed by atoms with Crippen molar-refractivity contribution in [3.8, 4) is 0 Å². The first kappa shape index (κ1) is 20.8. The van der Waals surface area contributed by atoms with E-state index in [1.165, 1.54) is 95.8 Å². The van der Waals surface area contributed by atoms with Crippen LogP contribution < -0.4 is 0 Å². The minimum atomic E-state index is -0.745. The molecule has 3 heteroatoms. The Morgan fingerprint density at radius 1 is 0.833 bits per heavy atom. The summed E-state index contributed by atoms with van der Waals surface area (Å²) >= 11 is 1.41. The molecule has 0 radical (unpaired) electrons. The molecule has 0 aromatic rings. The Balaban J connectivity index is 0. The van der Waals surface area contributed by atoms with Crippen molar-refractivity contribution in [2.24, 2.45) is 0 Å². The first-order valence-corrected chi connectivity index (χ1v) is 9.32. The fourth-order valence-corrected chi connectivity index (χ4v) is 2.24. The second kappa shape index (κ2) is 19.8. The first-order valence-electron chi connectivity index (χ1n) is 7.90. The molecular weight excluding hydrogens is 235 g/mol. The monoisotopic (exact) mass is 266 g/mol. The number of aliphatic carboxylic acids is 1. The molecule has 0 fully saturated rings. The van der Waals surface area contributed by atoms with Gasteiger partial charge < -0.3 is 5.11 Å². The summed E-state index contributed by atoms with van der Waals surface area (Å²) in [6, 6.07) is 0. The molecule has 0 aromatic carbocycles. The van der Waals surface area contributed by atoms with Crippen molar-refractivity contribution in [3.63, 3.8) is 0 Å². The van der Waals surface area contributed by atoms with E-state index in [4.69, 9.17) is 5.11 Å². The average molecular weight is 266 g/mol. The predicted octanol–water partition coefficient (Wildman–Crippen LogP) is 4.98. The van der Waals surface area contributed by atoms with Gasteiger partial charge in [-0.3, -0.25) is 4.79 Å². The number of rotatable bonds is 11. The van der Waals surface area contributed by atoms with Crippen LogP contribution in [0.1, 0.15) is 84.5 Å². The summed E-state index contributed by atoms with van der Waals surface area (Å²) in [5, 5.41) is 7.72. The Labute approximate surface area is 131 Å². The molecule has 0 aliphatic rings. The van der Waals surface area contributed by atoms with Gasteiger partial charge in [0.05, 0.1) is 0 Å². The maximum atomic E-state index is 9.37. The van der Waals surface area contributed by atoms with E-state index in [0.29, 0.717) is 0 Å². The molecule has 0 saturated carbocycles. The molecule has 2 nitrogen and oxygen atoms in total. The van der Waals surface area contributed by atoms with Gasteiger partial charge in [-0.2, -0.15) is 0 Å². The fourth-order valence-electron chi connectivity index (χ4n) is 1.74. The summed E-state index contributed by atoms with van der Waals surface area (Å²) in [5.74, 6) is -0.745. The molecule has 0 aliphatic carbocycles. The molecule has 0 aliphatic heterocycles. The predicted molar refractivity (Wildman–Crippen MR) is 80.3 cm³/mol. The minimum absolute atomic E-state index is 0.222. The molecular formula is C15H31NaO2. The number of carbonyl (C=O) groups is 1. The normalized spacial score (nSPS) is 9.78. The van der Waals surface area contributed by atoms with Gasteiger partial charge in [0.25, 0.3) is 0 Å². The first-order chi connectivity index (χ1) is 8.68. The maximum absolute atomic E-state index is 9.37. The zero-order valence-electron chi connectivity index (χ0n) is 12.8. The van der Waals surface area contributed by atoms with Crippen molar-refractivity contribution in [1.82, 2.24) is 0 Å². The number of hydrogen-bond donors (Lipinski definition) is 1. The van der Waals surface area contributed by atoms with E-state index in [1.54, 1.807) is 6.92 Å². The molecule has 0 aromatic heterocycles. The van der Waals surface area contributed by atoms with Crippen molar-refractivity contribution in [2.75, 3.05) is 0 Å². The number of unbranched alkanes of at least 4 members (excludes halogenated alkanes) is 9. The van der Waals surface area contributed by atoms with E-state index in [0.717, 1.165) is 0 Å². The standard InChI is InChI=1S/C12H25.C3H6O2.Na/c1-3-5-7-9-11-12-10-8-6-4-2;1-2-3(4)5;/h1,3-12H2,2H3;2H2,1H3,(H,4,5);. The van der Waals surface area contributed by atoms with Crippen molar-refractivity contribution in [1.29, 1.82) is 0 Å². The van der Waals surface area contributed by atoms with Crippen LogP contribution in [-0.2, 0) is 4.79 Å². The summed E-state index contributed by atoms with van der Waals surface area (Å²) in [7, 11) is 0. The number of hydrogen-bond acceptors (Lipinski definition) is 1.